The normalized spacial score (nSPS) is 12.1. The van der Waals surface area contributed by atoms with E-state index >= 15 is 0 Å². The molecule has 18 heavy (non-hydrogen) atoms. The number of carbonyl (C=O) groups is 1. The third-order valence-electron chi connectivity index (χ3n) is 2.69. The Labute approximate surface area is 109 Å². The Bertz CT molecular complexity index is 507. The largest absolute Gasteiger partial charge is 0.349 e. The summed E-state index contributed by atoms with van der Waals surface area (Å²) in [6.07, 6.45) is 0.384. The van der Waals surface area contributed by atoms with E-state index in [0.29, 0.717) is 6.42 Å². The average molecular weight is 263 g/mol. The summed E-state index contributed by atoms with van der Waals surface area (Å²) >= 11 is 1.58. The Balaban J connectivity index is 1.92. The molecule has 0 radical (unpaired) electrons. The molecular weight excluding hydrogens is 249 g/mol. The molecule has 0 saturated carbocycles. The van der Waals surface area contributed by atoms with Crippen LogP contribution in [0.2, 0.25) is 0 Å². The molecule has 0 saturated heterocycles. The number of carbonyl (C=O) groups excluding carboxylic acids is 1. The molecule has 1 N–H and O–H groups in total. The lowest BCUT2D eigenvalue weighted by atomic mass is 10.1. The van der Waals surface area contributed by atoms with Crippen LogP contribution < -0.4 is 5.32 Å². The van der Waals surface area contributed by atoms with Crippen LogP contribution in [-0.4, -0.2) is 5.91 Å². The van der Waals surface area contributed by atoms with Crippen LogP contribution in [0.3, 0.4) is 0 Å². The molecule has 0 bridgehead atoms. The number of thiophene rings is 1. The van der Waals surface area contributed by atoms with Crippen molar-refractivity contribution in [2.24, 2.45) is 0 Å². The Kier molecular flexibility index (Phi) is 4.10. The van der Waals surface area contributed by atoms with Crippen molar-refractivity contribution in [2.75, 3.05) is 0 Å². The number of hydrogen-bond donors (Lipinski definition) is 1. The average Bonchev–Trinajstić information content (AvgIpc) is 2.82. The van der Waals surface area contributed by atoms with Crippen molar-refractivity contribution >= 4 is 17.2 Å². The summed E-state index contributed by atoms with van der Waals surface area (Å²) in [4.78, 5) is 11.8. The lowest BCUT2D eigenvalue weighted by Gasteiger charge is -2.14. The maximum atomic E-state index is 12.8. The zero-order valence-electron chi connectivity index (χ0n) is 10.0. The van der Waals surface area contributed by atoms with Gasteiger partial charge in [-0.15, -0.1) is 0 Å². The quantitative estimate of drug-likeness (QED) is 0.901. The van der Waals surface area contributed by atoms with Crippen molar-refractivity contribution in [1.29, 1.82) is 0 Å². The Morgan fingerprint density at radius 3 is 2.67 bits per heavy atom. The van der Waals surface area contributed by atoms with E-state index in [1.54, 1.807) is 23.5 Å². The molecule has 94 valence electrons. The van der Waals surface area contributed by atoms with Crippen molar-refractivity contribution in [2.45, 2.75) is 19.4 Å². The number of hydrogen-bond acceptors (Lipinski definition) is 2. The van der Waals surface area contributed by atoms with Crippen LogP contribution in [0.25, 0.3) is 0 Å². The summed E-state index contributed by atoms with van der Waals surface area (Å²) in [7, 11) is 0. The van der Waals surface area contributed by atoms with Gasteiger partial charge in [-0.25, -0.2) is 4.39 Å². The van der Waals surface area contributed by atoms with E-state index in [2.05, 4.69) is 5.32 Å². The highest BCUT2D eigenvalue weighted by Crippen LogP contribution is 2.13. The molecule has 0 spiro atoms. The second-order valence-electron chi connectivity index (χ2n) is 4.15. The first kappa shape index (κ1) is 12.8. The summed E-state index contributed by atoms with van der Waals surface area (Å²) in [6.45, 7) is 1.89. The van der Waals surface area contributed by atoms with Gasteiger partial charge in [-0.1, -0.05) is 12.1 Å². The standard InChI is InChI=1S/C14H14FNOS/c1-10(12-2-4-13(15)5-3-12)16-14(17)8-11-6-7-18-9-11/h2-7,9-10H,8H2,1H3,(H,16,17). The predicted molar refractivity (Wildman–Crippen MR) is 71.0 cm³/mol. The maximum Gasteiger partial charge on any atom is 0.224 e. The molecular formula is C14H14FNOS. The first-order valence-electron chi connectivity index (χ1n) is 5.71. The van der Waals surface area contributed by atoms with Crippen molar-refractivity contribution in [3.63, 3.8) is 0 Å². The van der Waals surface area contributed by atoms with Crippen LogP contribution in [0.15, 0.2) is 41.1 Å². The van der Waals surface area contributed by atoms with Crippen LogP contribution in [0.1, 0.15) is 24.1 Å². The summed E-state index contributed by atoms with van der Waals surface area (Å²) in [6, 6.07) is 7.99. The van der Waals surface area contributed by atoms with E-state index in [1.807, 2.05) is 23.8 Å². The lowest BCUT2D eigenvalue weighted by molar-refractivity contribution is -0.121. The maximum absolute atomic E-state index is 12.8. The highest BCUT2D eigenvalue weighted by molar-refractivity contribution is 7.07. The van der Waals surface area contributed by atoms with E-state index in [-0.39, 0.29) is 17.8 Å². The third-order valence-corrected chi connectivity index (χ3v) is 3.42. The number of benzene rings is 1. The molecule has 0 aliphatic carbocycles. The summed E-state index contributed by atoms with van der Waals surface area (Å²) in [5.41, 5.74) is 1.92. The molecule has 1 aromatic carbocycles. The van der Waals surface area contributed by atoms with Gasteiger partial charge < -0.3 is 5.32 Å². The summed E-state index contributed by atoms with van der Waals surface area (Å²) < 4.78 is 12.8. The lowest BCUT2D eigenvalue weighted by Crippen LogP contribution is -2.27. The Hall–Kier alpha value is -1.68. The van der Waals surface area contributed by atoms with Gasteiger partial charge in [0.15, 0.2) is 0 Å². The van der Waals surface area contributed by atoms with E-state index in [9.17, 15) is 9.18 Å². The smallest absolute Gasteiger partial charge is 0.224 e. The molecule has 1 heterocycles. The number of halogens is 1. The number of rotatable bonds is 4. The van der Waals surface area contributed by atoms with E-state index in [1.165, 1.54) is 12.1 Å². The van der Waals surface area contributed by atoms with E-state index < -0.39 is 0 Å². The second kappa shape index (κ2) is 5.78. The van der Waals surface area contributed by atoms with Crippen molar-refractivity contribution in [1.82, 2.24) is 5.32 Å². The molecule has 4 heteroatoms. The summed E-state index contributed by atoms with van der Waals surface area (Å²) in [5, 5.41) is 6.81. The Morgan fingerprint density at radius 1 is 1.33 bits per heavy atom. The zero-order valence-corrected chi connectivity index (χ0v) is 10.8. The third kappa shape index (κ3) is 3.40. The minimum atomic E-state index is -0.268. The van der Waals surface area contributed by atoms with E-state index in [4.69, 9.17) is 0 Å². The van der Waals surface area contributed by atoms with Gasteiger partial charge in [0, 0.05) is 0 Å². The second-order valence-corrected chi connectivity index (χ2v) is 4.93. The highest BCUT2D eigenvalue weighted by Gasteiger charge is 2.10. The van der Waals surface area contributed by atoms with Gasteiger partial charge in [0.05, 0.1) is 12.5 Å². The molecule has 2 rings (SSSR count). The molecule has 2 aromatic rings. The molecule has 1 amide bonds. The molecule has 1 unspecified atom stereocenters. The van der Waals surface area contributed by atoms with Crippen LogP contribution in [0.4, 0.5) is 4.39 Å². The van der Waals surface area contributed by atoms with Crippen LogP contribution >= 0.6 is 11.3 Å². The Morgan fingerprint density at radius 2 is 2.06 bits per heavy atom. The van der Waals surface area contributed by atoms with Gasteiger partial charge in [-0.2, -0.15) is 11.3 Å². The van der Waals surface area contributed by atoms with Crippen molar-refractivity contribution in [3.8, 4) is 0 Å². The first-order valence-corrected chi connectivity index (χ1v) is 6.65. The van der Waals surface area contributed by atoms with Crippen LogP contribution in [0.5, 0.6) is 0 Å². The van der Waals surface area contributed by atoms with Gasteiger partial charge >= 0.3 is 0 Å². The van der Waals surface area contributed by atoms with Crippen LogP contribution in [-0.2, 0) is 11.2 Å². The van der Waals surface area contributed by atoms with Crippen molar-refractivity contribution < 1.29 is 9.18 Å². The fraction of sp³-hybridized carbons (Fsp3) is 0.214. The minimum absolute atomic E-state index is 0.0229. The zero-order chi connectivity index (χ0) is 13.0. The van der Waals surface area contributed by atoms with E-state index in [0.717, 1.165) is 11.1 Å². The molecule has 1 aromatic heterocycles. The fourth-order valence-corrected chi connectivity index (χ4v) is 2.37. The molecule has 2 nitrogen and oxygen atoms in total. The highest BCUT2D eigenvalue weighted by atomic mass is 32.1. The number of amides is 1. The van der Waals surface area contributed by atoms with Gasteiger partial charge in [0.1, 0.15) is 5.82 Å². The van der Waals surface area contributed by atoms with Gasteiger partial charge in [-0.05, 0) is 47.0 Å². The van der Waals surface area contributed by atoms with Gasteiger partial charge in [0.2, 0.25) is 5.91 Å². The van der Waals surface area contributed by atoms with Gasteiger partial charge in [-0.3, -0.25) is 4.79 Å². The number of nitrogens with one attached hydrogen (secondary N) is 1. The monoisotopic (exact) mass is 263 g/mol. The predicted octanol–water partition coefficient (Wildman–Crippen LogP) is 3.31. The van der Waals surface area contributed by atoms with Crippen LogP contribution in [0, 0.1) is 5.82 Å². The minimum Gasteiger partial charge on any atom is -0.349 e. The topological polar surface area (TPSA) is 29.1 Å². The SMILES string of the molecule is CC(NC(=O)Cc1ccsc1)c1ccc(F)cc1. The molecule has 0 aliphatic heterocycles. The van der Waals surface area contributed by atoms with Gasteiger partial charge in [0.25, 0.3) is 0 Å². The fourth-order valence-electron chi connectivity index (χ4n) is 1.71. The molecule has 1 atom stereocenters. The summed E-state index contributed by atoms with van der Waals surface area (Å²) in [5.74, 6) is -0.291. The van der Waals surface area contributed by atoms with Crippen molar-refractivity contribution in [3.05, 3.63) is 58.0 Å². The first-order chi connectivity index (χ1) is 8.65. The molecule has 0 aliphatic rings. The molecule has 0 fully saturated rings.